The number of amides is 1. The molecular formula is C8H17NO3. The van der Waals surface area contributed by atoms with Gasteiger partial charge in [-0.1, -0.05) is 0 Å². The number of alkyl carbamates (subject to hydrolysis) is 1. The van der Waals surface area contributed by atoms with Crippen molar-refractivity contribution in [2.45, 2.75) is 39.3 Å². The van der Waals surface area contributed by atoms with Gasteiger partial charge in [0.25, 0.3) is 0 Å². The number of hydrogen-bond donors (Lipinski definition) is 2. The summed E-state index contributed by atoms with van der Waals surface area (Å²) in [7, 11) is 0. The minimum Gasteiger partial charge on any atom is -0.444 e. The maximum atomic E-state index is 11.1. The van der Waals surface area contributed by atoms with Crippen molar-refractivity contribution in [3.8, 4) is 0 Å². The number of hydrogen-bond acceptors (Lipinski definition) is 3. The SMILES string of the molecule is [2H]CC(C)(C)OC(=O)N[C@@H](C)CO. The molecule has 72 valence electrons. The molecule has 1 atom stereocenters. The Labute approximate surface area is 74.3 Å². The fourth-order valence-corrected chi connectivity index (χ4v) is 0.527. The minimum atomic E-state index is -0.779. The molecule has 0 aromatic heterocycles. The van der Waals surface area contributed by atoms with Crippen molar-refractivity contribution in [1.29, 1.82) is 0 Å². The molecule has 0 saturated heterocycles. The molecule has 0 aromatic carbocycles. The highest BCUT2D eigenvalue weighted by Crippen LogP contribution is 2.06. The molecule has 0 heterocycles. The van der Waals surface area contributed by atoms with Gasteiger partial charge in [0.1, 0.15) is 5.60 Å². The molecule has 0 unspecified atom stereocenters. The van der Waals surface area contributed by atoms with E-state index in [-0.39, 0.29) is 19.5 Å². The summed E-state index contributed by atoms with van der Waals surface area (Å²) in [6.07, 6.45) is -0.598. The second-order valence-electron chi connectivity index (χ2n) is 3.38. The van der Waals surface area contributed by atoms with E-state index in [9.17, 15) is 4.79 Å². The van der Waals surface area contributed by atoms with Gasteiger partial charge in [0.2, 0.25) is 0 Å². The van der Waals surface area contributed by atoms with Crippen LogP contribution in [-0.4, -0.2) is 29.4 Å². The van der Waals surface area contributed by atoms with Crippen LogP contribution in [0.25, 0.3) is 0 Å². The van der Waals surface area contributed by atoms with Crippen LogP contribution in [0, 0.1) is 0 Å². The number of aliphatic hydroxyl groups is 1. The Bertz CT molecular complexity index is 173. The van der Waals surface area contributed by atoms with Gasteiger partial charge in [-0.25, -0.2) is 4.79 Å². The van der Waals surface area contributed by atoms with Crippen LogP contribution in [0.2, 0.25) is 0 Å². The molecule has 12 heavy (non-hydrogen) atoms. The Morgan fingerprint density at radius 1 is 1.83 bits per heavy atom. The summed E-state index contributed by atoms with van der Waals surface area (Å²) >= 11 is 0. The average molecular weight is 176 g/mol. The topological polar surface area (TPSA) is 58.6 Å². The van der Waals surface area contributed by atoms with Crippen LogP contribution in [0.1, 0.15) is 29.0 Å². The Balaban J connectivity index is 3.87. The monoisotopic (exact) mass is 176 g/mol. The lowest BCUT2D eigenvalue weighted by molar-refractivity contribution is 0.0489. The molecule has 0 aliphatic carbocycles. The lowest BCUT2D eigenvalue weighted by atomic mass is 10.2. The van der Waals surface area contributed by atoms with E-state index in [0.29, 0.717) is 0 Å². The number of rotatable bonds is 2. The molecule has 0 spiro atoms. The standard InChI is InChI=1S/C8H17NO3/c1-6(5-10)9-7(11)12-8(2,3)4/h6,10H,5H2,1-4H3,(H,9,11)/t6-/m0/s1/i2D. The summed E-state index contributed by atoms with van der Waals surface area (Å²) in [5.74, 6) is 0. The number of nitrogens with one attached hydrogen (secondary N) is 1. The molecule has 1 amide bonds. The highest BCUT2D eigenvalue weighted by molar-refractivity contribution is 5.67. The molecular weight excluding hydrogens is 158 g/mol. The predicted octanol–water partition coefficient (Wildman–Crippen LogP) is 0.892. The van der Waals surface area contributed by atoms with E-state index in [1.165, 1.54) is 0 Å². The van der Waals surface area contributed by atoms with Crippen LogP contribution in [0.4, 0.5) is 4.79 Å². The summed E-state index contributed by atoms with van der Waals surface area (Å²) in [5.41, 5.74) is -0.779. The lowest BCUT2D eigenvalue weighted by Gasteiger charge is -2.21. The summed E-state index contributed by atoms with van der Waals surface area (Å²) in [6, 6.07) is -0.325. The van der Waals surface area contributed by atoms with Crippen LogP contribution in [0.3, 0.4) is 0 Å². The van der Waals surface area contributed by atoms with Crippen LogP contribution in [-0.2, 0) is 4.74 Å². The molecule has 0 bridgehead atoms. The maximum Gasteiger partial charge on any atom is 0.407 e. The quantitative estimate of drug-likeness (QED) is 0.657. The van der Waals surface area contributed by atoms with E-state index in [4.69, 9.17) is 11.2 Å². The van der Waals surface area contributed by atoms with E-state index in [1.54, 1.807) is 20.8 Å². The predicted molar refractivity (Wildman–Crippen MR) is 45.9 cm³/mol. The highest BCUT2D eigenvalue weighted by atomic mass is 16.6. The van der Waals surface area contributed by atoms with E-state index in [2.05, 4.69) is 5.32 Å². The molecule has 0 fully saturated rings. The van der Waals surface area contributed by atoms with Crippen LogP contribution >= 0.6 is 0 Å². The van der Waals surface area contributed by atoms with Crippen molar-refractivity contribution in [2.75, 3.05) is 6.61 Å². The summed E-state index contributed by atoms with van der Waals surface area (Å²) in [4.78, 5) is 11.1. The number of aliphatic hydroxyl groups excluding tert-OH is 1. The molecule has 4 nitrogen and oxygen atoms in total. The minimum absolute atomic E-state index is 0.00786. The van der Waals surface area contributed by atoms with Crippen LogP contribution in [0.5, 0.6) is 0 Å². The van der Waals surface area contributed by atoms with Gasteiger partial charge < -0.3 is 15.2 Å². The maximum absolute atomic E-state index is 11.1. The van der Waals surface area contributed by atoms with Gasteiger partial charge in [-0.3, -0.25) is 0 Å². The number of carbonyl (C=O) groups is 1. The van der Waals surface area contributed by atoms with Crippen molar-refractivity contribution in [2.24, 2.45) is 0 Å². The van der Waals surface area contributed by atoms with Gasteiger partial charge in [0.15, 0.2) is 0 Å². The van der Waals surface area contributed by atoms with Crippen molar-refractivity contribution >= 4 is 6.09 Å². The summed E-state index contributed by atoms with van der Waals surface area (Å²) < 4.78 is 12.0. The van der Waals surface area contributed by atoms with Crippen molar-refractivity contribution in [3.05, 3.63) is 0 Å². The van der Waals surface area contributed by atoms with Gasteiger partial charge in [-0.15, -0.1) is 0 Å². The molecule has 0 aliphatic rings. The van der Waals surface area contributed by atoms with Gasteiger partial charge in [-0.2, -0.15) is 0 Å². The molecule has 0 aromatic rings. The zero-order valence-corrected chi connectivity index (χ0v) is 7.76. The summed E-state index contributed by atoms with van der Waals surface area (Å²) in [6.45, 7) is 4.85. The number of carbonyl (C=O) groups excluding carboxylic acids is 1. The first-order chi connectivity index (χ1) is 5.91. The molecule has 2 N–H and O–H groups in total. The third kappa shape index (κ3) is 5.97. The fourth-order valence-electron chi connectivity index (χ4n) is 0.527. The van der Waals surface area contributed by atoms with Crippen molar-refractivity contribution < 1.29 is 16.0 Å². The molecule has 0 aliphatic heterocycles. The van der Waals surface area contributed by atoms with Gasteiger partial charge >= 0.3 is 6.09 Å². The Morgan fingerprint density at radius 2 is 2.42 bits per heavy atom. The van der Waals surface area contributed by atoms with E-state index in [0.717, 1.165) is 0 Å². The first-order valence-corrected chi connectivity index (χ1v) is 3.81. The molecule has 0 saturated carbocycles. The van der Waals surface area contributed by atoms with Gasteiger partial charge in [0.05, 0.1) is 12.6 Å². The van der Waals surface area contributed by atoms with Gasteiger partial charge in [0, 0.05) is 1.37 Å². The summed E-state index contributed by atoms with van der Waals surface area (Å²) in [5, 5.41) is 11.1. The lowest BCUT2D eigenvalue weighted by Crippen LogP contribution is -2.39. The average Bonchev–Trinajstić information content (AvgIpc) is 2.03. The third-order valence-corrected chi connectivity index (χ3v) is 1.01. The zero-order chi connectivity index (χ0) is 10.5. The largest absolute Gasteiger partial charge is 0.444 e. The van der Waals surface area contributed by atoms with E-state index in [1.807, 2.05) is 0 Å². The van der Waals surface area contributed by atoms with Crippen LogP contribution in [0.15, 0.2) is 0 Å². The normalized spacial score (nSPS) is 14.8. The molecule has 0 radical (unpaired) electrons. The van der Waals surface area contributed by atoms with Crippen molar-refractivity contribution in [1.82, 2.24) is 5.32 Å². The van der Waals surface area contributed by atoms with E-state index >= 15 is 0 Å². The first-order valence-electron chi connectivity index (χ1n) is 4.51. The van der Waals surface area contributed by atoms with Crippen LogP contribution < -0.4 is 5.32 Å². The van der Waals surface area contributed by atoms with Crippen molar-refractivity contribution in [3.63, 3.8) is 0 Å². The van der Waals surface area contributed by atoms with Gasteiger partial charge in [-0.05, 0) is 27.7 Å². The number of ether oxygens (including phenoxy) is 1. The Hall–Kier alpha value is -0.770. The Morgan fingerprint density at radius 3 is 2.83 bits per heavy atom. The molecule has 0 rings (SSSR count). The zero-order valence-electron chi connectivity index (χ0n) is 8.76. The third-order valence-electron chi connectivity index (χ3n) is 1.01. The molecule has 4 heteroatoms. The second-order valence-corrected chi connectivity index (χ2v) is 3.38. The highest BCUT2D eigenvalue weighted by Gasteiger charge is 2.16. The smallest absolute Gasteiger partial charge is 0.407 e. The second kappa shape index (κ2) is 4.30. The fraction of sp³-hybridized carbons (Fsp3) is 0.875. The Kier molecular flexibility index (Phi) is 3.34. The first kappa shape index (κ1) is 9.32. The van der Waals surface area contributed by atoms with E-state index < -0.39 is 11.7 Å².